The van der Waals surface area contributed by atoms with E-state index >= 15 is 0 Å². The fourth-order valence-corrected chi connectivity index (χ4v) is 2.65. The molecule has 1 aliphatic heterocycles. The molecule has 1 unspecified atom stereocenters. The smallest absolute Gasteiger partial charge is 0.223 e. The van der Waals surface area contributed by atoms with Gasteiger partial charge in [-0.3, -0.25) is 4.79 Å². The molecule has 1 fully saturated rings. The van der Waals surface area contributed by atoms with Gasteiger partial charge in [0.25, 0.3) is 0 Å². The number of carbonyl (C=O) groups is 1. The highest BCUT2D eigenvalue weighted by Gasteiger charge is 2.28. The topological polar surface area (TPSA) is 43.8 Å². The number of hydrogen-bond donors (Lipinski definition) is 1. The third-order valence-electron chi connectivity index (χ3n) is 3.53. The average molecular weight is 256 g/mol. The minimum Gasteiger partial charge on any atom is -0.396 e. The van der Waals surface area contributed by atoms with E-state index < -0.39 is 0 Å². The molecule has 1 heterocycles. The van der Waals surface area contributed by atoms with Crippen molar-refractivity contribution in [3.63, 3.8) is 0 Å². The van der Waals surface area contributed by atoms with Crippen molar-refractivity contribution in [3.8, 4) is 0 Å². The second kappa shape index (κ2) is 8.48. The van der Waals surface area contributed by atoms with Crippen LogP contribution in [-0.4, -0.2) is 60.1 Å². The van der Waals surface area contributed by atoms with Gasteiger partial charge in [-0.1, -0.05) is 13.8 Å². The number of amides is 1. The van der Waals surface area contributed by atoms with Crippen molar-refractivity contribution in [3.05, 3.63) is 0 Å². The normalized spacial score (nSPS) is 20.1. The van der Waals surface area contributed by atoms with Crippen LogP contribution in [0.1, 0.15) is 39.5 Å². The van der Waals surface area contributed by atoms with Gasteiger partial charge in [-0.25, -0.2) is 0 Å². The molecule has 1 aliphatic rings. The number of rotatable bonds is 9. The minimum absolute atomic E-state index is 0.139. The zero-order chi connectivity index (χ0) is 13.4. The van der Waals surface area contributed by atoms with Gasteiger partial charge in [-0.05, 0) is 38.9 Å². The Bertz CT molecular complexity index is 240. The van der Waals surface area contributed by atoms with Crippen molar-refractivity contribution in [2.75, 3.05) is 39.3 Å². The molecule has 0 spiro atoms. The van der Waals surface area contributed by atoms with Crippen LogP contribution in [0, 0.1) is 5.92 Å². The molecule has 0 saturated carbocycles. The van der Waals surface area contributed by atoms with Crippen LogP contribution in [0.3, 0.4) is 0 Å². The first-order chi connectivity index (χ1) is 8.71. The maximum absolute atomic E-state index is 11.7. The summed E-state index contributed by atoms with van der Waals surface area (Å²) in [6.45, 7) is 9.53. The molecule has 1 saturated heterocycles. The Hall–Kier alpha value is -0.610. The summed E-state index contributed by atoms with van der Waals surface area (Å²) < 4.78 is 0. The molecule has 1 rings (SSSR count). The molecule has 18 heavy (non-hydrogen) atoms. The van der Waals surface area contributed by atoms with Crippen LogP contribution in [0.2, 0.25) is 0 Å². The van der Waals surface area contributed by atoms with E-state index in [1.165, 1.54) is 12.8 Å². The van der Waals surface area contributed by atoms with Gasteiger partial charge in [0.2, 0.25) is 5.91 Å². The Kier molecular flexibility index (Phi) is 7.28. The van der Waals surface area contributed by atoms with Crippen LogP contribution in [-0.2, 0) is 4.79 Å². The lowest BCUT2D eigenvalue weighted by atomic mass is 10.1. The number of carbonyl (C=O) groups excluding carboxylic acids is 1. The highest BCUT2D eigenvalue weighted by molar-refractivity contribution is 5.78. The molecule has 4 heteroatoms. The van der Waals surface area contributed by atoms with Crippen LogP contribution in [0.15, 0.2) is 0 Å². The van der Waals surface area contributed by atoms with Gasteiger partial charge in [0.15, 0.2) is 0 Å². The van der Waals surface area contributed by atoms with Crippen molar-refractivity contribution in [1.29, 1.82) is 0 Å². The van der Waals surface area contributed by atoms with Gasteiger partial charge in [0, 0.05) is 32.0 Å². The standard InChI is InChI=1S/C14H28N2O2/c1-3-6-15(7-4-2)8-5-9-16-11-13(12-17)10-14(16)18/h13,17H,3-12H2,1-2H3. The molecule has 0 radical (unpaired) electrons. The Labute approximate surface area is 111 Å². The Morgan fingerprint density at radius 1 is 1.28 bits per heavy atom. The maximum Gasteiger partial charge on any atom is 0.223 e. The van der Waals surface area contributed by atoms with Crippen LogP contribution in [0.5, 0.6) is 0 Å². The van der Waals surface area contributed by atoms with Crippen LogP contribution < -0.4 is 0 Å². The zero-order valence-electron chi connectivity index (χ0n) is 11.9. The van der Waals surface area contributed by atoms with E-state index in [1.54, 1.807) is 0 Å². The number of aliphatic hydroxyl groups is 1. The van der Waals surface area contributed by atoms with E-state index in [0.717, 1.165) is 39.1 Å². The third kappa shape index (κ3) is 4.94. The Morgan fingerprint density at radius 3 is 2.44 bits per heavy atom. The average Bonchev–Trinajstić information content (AvgIpc) is 2.71. The third-order valence-corrected chi connectivity index (χ3v) is 3.53. The fourth-order valence-electron chi connectivity index (χ4n) is 2.65. The summed E-state index contributed by atoms with van der Waals surface area (Å²) in [6, 6.07) is 0. The first-order valence-corrected chi connectivity index (χ1v) is 7.32. The van der Waals surface area contributed by atoms with E-state index in [2.05, 4.69) is 18.7 Å². The Morgan fingerprint density at radius 2 is 1.94 bits per heavy atom. The second-order valence-electron chi connectivity index (χ2n) is 5.29. The lowest BCUT2D eigenvalue weighted by Crippen LogP contribution is -2.32. The summed E-state index contributed by atoms with van der Waals surface area (Å²) in [5.74, 6) is 0.381. The number of hydrogen-bond acceptors (Lipinski definition) is 3. The van der Waals surface area contributed by atoms with Gasteiger partial charge >= 0.3 is 0 Å². The number of aliphatic hydroxyl groups excluding tert-OH is 1. The minimum atomic E-state index is 0.139. The maximum atomic E-state index is 11.7. The van der Waals surface area contributed by atoms with Gasteiger partial charge in [-0.15, -0.1) is 0 Å². The first kappa shape index (κ1) is 15.4. The lowest BCUT2D eigenvalue weighted by molar-refractivity contribution is -0.127. The van der Waals surface area contributed by atoms with Gasteiger partial charge in [0.05, 0.1) is 0 Å². The predicted molar refractivity (Wildman–Crippen MR) is 73.4 cm³/mol. The molecule has 1 N–H and O–H groups in total. The summed E-state index contributed by atoms with van der Waals surface area (Å²) in [6.07, 6.45) is 3.96. The van der Waals surface area contributed by atoms with Gasteiger partial charge in [-0.2, -0.15) is 0 Å². The monoisotopic (exact) mass is 256 g/mol. The van der Waals surface area contributed by atoms with E-state index in [9.17, 15) is 4.79 Å². The molecule has 106 valence electrons. The van der Waals surface area contributed by atoms with Crippen molar-refractivity contribution in [1.82, 2.24) is 9.80 Å². The van der Waals surface area contributed by atoms with Crippen LogP contribution >= 0.6 is 0 Å². The summed E-state index contributed by atoms with van der Waals surface area (Å²) in [4.78, 5) is 16.1. The van der Waals surface area contributed by atoms with E-state index in [1.807, 2.05) is 4.90 Å². The quantitative estimate of drug-likeness (QED) is 0.677. The summed E-state index contributed by atoms with van der Waals surface area (Å²) in [5, 5.41) is 9.07. The van der Waals surface area contributed by atoms with Crippen molar-refractivity contribution < 1.29 is 9.90 Å². The summed E-state index contributed by atoms with van der Waals surface area (Å²) in [7, 11) is 0. The Balaban J connectivity index is 2.21. The molecule has 4 nitrogen and oxygen atoms in total. The molecule has 0 bridgehead atoms. The van der Waals surface area contributed by atoms with Crippen LogP contribution in [0.25, 0.3) is 0 Å². The highest BCUT2D eigenvalue weighted by Crippen LogP contribution is 2.17. The molecular weight excluding hydrogens is 228 g/mol. The molecule has 0 aromatic carbocycles. The van der Waals surface area contributed by atoms with Gasteiger partial charge < -0.3 is 14.9 Å². The van der Waals surface area contributed by atoms with Crippen molar-refractivity contribution in [2.45, 2.75) is 39.5 Å². The molecule has 0 aliphatic carbocycles. The first-order valence-electron chi connectivity index (χ1n) is 7.32. The SMILES string of the molecule is CCCN(CCC)CCCN1CC(CO)CC1=O. The van der Waals surface area contributed by atoms with Crippen molar-refractivity contribution >= 4 is 5.91 Å². The number of nitrogens with zero attached hydrogens (tertiary/aromatic N) is 2. The predicted octanol–water partition coefficient (Wildman–Crippen LogP) is 1.34. The van der Waals surface area contributed by atoms with Crippen LogP contribution in [0.4, 0.5) is 0 Å². The van der Waals surface area contributed by atoms with Crippen molar-refractivity contribution in [2.24, 2.45) is 5.92 Å². The largest absolute Gasteiger partial charge is 0.396 e. The molecule has 0 aromatic heterocycles. The van der Waals surface area contributed by atoms with Gasteiger partial charge in [0.1, 0.15) is 0 Å². The molecular formula is C14H28N2O2. The van der Waals surface area contributed by atoms with E-state index in [-0.39, 0.29) is 18.4 Å². The molecule has 0 aromatic rings. The zero-order valence-corrected chi connectivity index (χ0v) is 11.9. The number of likely N-dealkylation sites (tertiary alicyclic amines) is 1. The van der Waals surface area contributed by atoms with E-state index in [0.29, 0.717) is 6.42 Å². The molecule has 1 atom stereocenters. The fraction of sp³-hybridized carbons (Fsp3) is 0.929. The lowest BCUT2D eigenvalue weighted by Gasteiger charge is -2.23. The summed E-state index contributed by atoms with van der Waals surface area (Å²) in [5.41, 5.74) is 0. The van der Waals surface area contributed by atoms with E-state index in [4.69, 9.17) is 5.11 Å². The summed E-state index contributed by atoms with van der Waals surface area (Å²) >= 11 is 0. The highest BCUT2D eigenvalue weighted by atomic mass is 16.3. The second-order valence-corrected chi connectivity index (χ2v) is 5.29. The molecule has 1 amide bonds.